The Kier molecular flexibility index (Phi) is 6.77. The molecule has 0 unspecified atom stereocenters. The van der Waals surface area contributed by atoms with Gasteiger partial charge in [-0.25, -0.2) is 22.3 Å². The Balaban J connectivity index is 1.44. The highest BCUT2D eigenvalue weighted by Crippen LogP contribution is 2.37. The van der Waals surface area contributed by atoms with Crippen LogP contribution in [0.5, 0.6) is 0 Å². The standard InChI is InChI=1S/C23H20F2N4O3S2/c24-19-6-3-15(9-20(19)25)12-29-8-7-17-18(11-26)23(33-21(17)13-29)28-22(30)10-14-1-4-16(5-2-14)34(27,31)32/h1-6,9H,7-8,10,12-13H2,(H,28,30)(H2,27,31,32). The van der Waals surface area contributed by atoms with Crippen LogP contribution in [0, 0.1) is 23.0 Å². The van der Waals surface area contributed by atoms with E-state index in [4.69, 9.17) is 5.14 Å². The Morgan fingerprint density at radius 2 is 1.85 bits per heavy atom. The topological polar surface area (TPSA) is 116 Å². The summed E-state index contributed by atoms with van der Waals surface area (Å²) in [6.07, 6.45) is 0.601. The van der Waals surface area contributed by atoms with Gasteiger partial charge in [0.25, 0.3) is 0 Å². The van der Waals surface area contributed by atoms with Crippen LogP contribution in [0.2, 0.25) is 0 Å². The molecule has 1 aliphatic rings. The van der Waals surface area contributed by atoms with E-state index in [1.165, 1.54) is 41.7 Å². The average Bonchev–Trinajstić information content (AvgIpc) is 3.12. The van der Waals surface area contributed by atoms with Crippen molar-refractivity contribution in [3.05, 3.63) is 81.2 Å². The number of anilines is 1. The van der Waals surface area contributed by atoms with E-state index < -0.39 is 21.7 Å². The maximum absolute atomic E-state index is 13.5. The van der Waals surface area contributed by atoms with Gasteiger partial charge in [-0.15, -0.1) is 11.3 Å². The second-order valence-corrected chi connectivity index (χ2v) is 10.6. The molecule has 0 aliphatic carbocycles. The number of nitrogens with one attached hydrogen (secondary N) is 1. The van der Waals surface area contributed by atoms with E-state index in [2.05, 4.69) is 16.3 Å². The Labute approximate surface area is 199 Å². The summed E-state index contributed by atoms with van der Waals surface area (Å²) in [6.45, 7) is 1.60. The maximum Gasteiger partial charge on any atom is 0.238 e. The summed E-state index contributed by atoms with van der Waals surface area (Å²) in [4.78, 5) is 15.6. The summed E-state index contributed by atoms with van der Waals surface area (Å²) in [6, 6.07) is 11.7. The van der Waals surface area contributed by atoms with Crippen LogP contribution >= 0.6 is 11.3 Å². The minimum atomic E-state index is -3.81. The number of nitrogens with zero attached hydrogens (tertiary/aromatic N) is 2. The molecule has 0 spiro atoms. The zero-order valence-corrected chi connectivity index (χ0v) is 19.5. The minimum absolute atomic E-state index is 0.000585. The molecule has 34 heavy (non-hydrogen) atoms. The number of sulfonamides is 1. The van der Waals surface area contributed by atoms with E-state index in [-0.39, 0.29) is 17.2 Å². The molecule has 176 valence electrons. The third kappa shape index (κ3) is 5.31. The van der Waals surface area contributed by atoms with Crippen molar-refractivity contribution >= 4 is 32.3 Å². The monoisotopic (exact) mass is 502 g/mol. The zero-order chi connectivity index (χ0) is 24.5. The first-order valence-electron chi connectivity index (χ1n) is 10.3. The van der Waals surface area contributed by atoms with Crippen LogP contribution in [0.3, 0.4) is 0 Å². The molecule has 0 radical (unpaired) electrons. The van der Waals surface area contributed by atoms with Gasteiger partial charge in [-0.3, -0.25) is 9.69 Å². The van der Waals surface area contributed by atoms with Gasteiger partial charge in [0.05, 0.1) is 16.9 Å². The van der Waals surface area contributed by atoms with Gasteiger partial charge in [0, 0.05) is 24.5 Å². The Bertz CT molecular complexity index is 1400. The molecule has 0 bridgehead atoms. The van der Waals surface area contributed by atoms with Crippen molar-refractivity contribution in [3.8, 4) is 6.07 Å². The number of carbonyl (C=O) groups is 1. The van der Waals surface area contributed by atoms with Gasteiger partial charge < -0.3 is 5.32 Å². The molecule has 0 saturated heterocycles. The van der Waals surface area contributed by atoms with E-state index in [1.807, 2.05) is 0 Å². The molecule has 0 saturated carbocycles. The van der Waals surface area contributed by atoms with Gasteiger partial charge in [0.2, 0.25) is 15.9 Å². The molecule has 4 rings (SSSR count). The molecule has 1 aromatic heterocycles. The first-order chi connectivity index (χ1) is 16.1. The summed E-state index contributed by atoms with van der Waals surface area (Å²) in [5.74, 6) is -2.11. The van der Waals surface area contributed by atoms with Crippen molar-refractivity contribution in [1.29, 1.82) is 5.26 Å². The van der Waals surface area contributed by atoms with E-state index in [1.54, 1.807) is 6.07 Å². The van der Waals surface area contributed by atoms with Gasteiger partial charge in [-0.2, -0.15) is 5.26 Å². The fraction of sp³-hybridized carbons (Fsp3) is 0.217. The van der Waals surface area contributed by atoms with Crippen molar-refractivity contribution < 1.29 is 22.0 Å². The lowest BCUT2D eigenvalue weighted by atomic mass is 10.0. The van der Waals surface area contributed by atoms with Crippen molar-refractivity contribution in [2.24, 2.45) is 5.14 Å². The number of nitriles is 1. The molecule has 11 heteroatoms. The third-order valence-corrected chi connectivity index (χ3v) is 7.57. The summed E-state index contributed by atoms with van der Waals surface area (Å²) in [7, 11) is -3.81. The molecule has 2 aromatic carbocycles. The average molecular weight is 503 g/mol. The van der Waals surface area contributed by atoms with Crippen LogP contribution in [0.25, 0.3) is 0 Å². The first kappa shape index (κ1) is 24.0. The zero-order valence-electron chi connectivity index (χ0n) is 17.8. The molecule has 2 heterocycles. The van der Waals surface area contributed by atoms with Gasteiger partial charge in [-0.05, 0) is 47.4 Å². The highest BCUT2D eigenvalue weighted by atomic mass is 32.2. The highest BCUT2D eigenvalue weighted by molar-refractivity contribution is 7.89. The number of rotatable bonds is 6. The minimum Gasteiger partial charge on any atom is -0.316 e. The Hall–Kier alpha value is -3.17. The first-order valence-corrected chi connectivity index (χ1v) is 12.6. The van der Waals surface area contributed by atoms with E-state index in [9.17, 15) is 27.3 Å². The SMILES string of the molecule is N#Cc1c(NC(=O)Cc2ccc(S(N)(=O)=O)cc2)sc2c1CCN(Cc1ccc(F)c(F)c1)C2. The largest absolute Gasteiger partial charge is 0.316 e. The number of carbonyl (C=O) groups excluding carboxylic acids is 1. The van der Waals surface area contributed by atoms with Crippen LogP contribution in [-0.2, 0) is 40.7 Å². The number of thiophene rings is 1. The van der Waals surface area contributed by atoms with Crippen LogP contribution in [0.15, 0.2) is 47.4 Å². The van der Waals surface area contributed by atoms with Gasteiger partial charge >= 0.3 is 0 Å². The van der Waals surface area contributed by atoms with Crippen LogP contribution in [0.4, 0.5) is 13.8 Å². The number of hydrogen-bond acceptors (Lipinski definition) is 6. The number of primary sulfonamides is 1. The van der Waals surface area contributed by atoms with Crippen molar-refractivity contribution in [2.75, 3.05) is 11.9 Å². The normalized spacial score (nSPS) is 13.8. The molecular formula is C23H20F2N4O3S2. The second-order valence-electron chi connectivity index (χ2n) is 7.94. The van der Waals surface area contributed by atoms with E-state index in [0.29, 0.717) is 47.7 Å². The van der Waals surface area contributed by atoms with Crippen LogP contribution in [-0.4, -0.2) is 25.8 Å². The molecule has 0 atom stereocenters. The number of amides is 1. The summed E-state index contributed by atoms with van der Waals surface area (Å²) < 4.78 is 49.4. The predicted molar refractivity (Wildman–Crippen MR) is 123 cm³/mol. The second kappa shape index (κ2) is 9.60. The smallest absolute Gasteiger partial charge is 0.238 e. The molecule has 3 N–H and O–H groups in total. The summed E-state index contributed by atoms with van der Waals surface area (Å²) >= 11 is 1.33. The molecule has 1 amide bonds. The summed E-state index contributed by atoms with van der Waals surface area (Å²) in [5, 5.41) is 18.0. The Morgan fingerprint density at radius 3 is 2.50 bits per heavy atom. The fourth-order valence-electron chi connectivity index (χ4n) is 3.85. The van der Waals surface area contributed by atoms with Crippen molar-refractivity contribution in [2.45, 2.75) is 30.8 Å². The van der Waals surface area contributed by atoms with Crippen LogP contribution in [0.1, 0.15) is 27.1 Å². The van der Waals surface area contributed by atoms with Crippen molar-refractivity contribution in [1.82, 2.24) is 4.90 Å². The quantitative estimate of drug-likeness (QED) is 0.537. The Morgan fingerprint density at radius 1 is 1.15 bits per heavy atom. The molecule has 7 nitrogen and oxygen atoms in total. The molecular weight excluding hydrogens is 482 g/mol. The van der Waals surface area contributed by atoms with Gasteiger partial charge in [0.1, 0.15) is 11.1 Å². The highest BCUT2D eigenvalue weighted by Gasteiger charge is 2.25. The van der Waals surface area contributed by atoms with Crippen molar-refractivity contribution in [3.63, 3.8) is 0 Å². The number of benzene rings is 2. The fourth-order valence-corrected chi connectivity index (χ4v) is 5.62. The lowest BCUT2D eigenvalue weighted by molar-refractivity contribution is -0.115. The number of fused-ring (bicyclic) bond motifs is 1. The number of nitrogens with two attached hydrogens (primary N) is 1. The lowest BCUT2D eigenvalue weighted by Crippen LogP contribution is -2.29. The molecule has 0 fully saturated rings. The van der Waals surface area contributed by atoms with Gasteiger partial charge in [-0.1, -0.05) is 18.2 Å². The van der Waals surface area contributed by atoms with Crippen LogP contribution < -0.4 is 10.5 Å². The van der Waals surface area contributed by atoms with Gasteiger partial charge in [0.15, 0.2) is 11.6 Å². The third-order valence-electron chi connectivity index (χ3n) is 5.51. The number of hydrogen-bond donors (Lipinski definition) is 2. The number of halogens is 2. The predicted octanol–water partition coefficient (Wildman–Crippen LogP) is 3.28. The van der Waals surface area contributed by atoms with E-state index >= 15 is 0 Å². The molecule has 1 aliphatic heterocycles. The van der Waals surface area contributed by atoms with E-state index in [0.717, 1.165) is 16.5 Å². The molecule has 3 aromatic rings. The summed E-state index contributed by atoms with van der Waals surface area (Å²) in [5.41, 5.74) is 2.58. The lowest BCUT2D eigenvalue weighted by Gasteiger charge is -2.26. The maximum atomic E-state index is 13.5.